The van der Waals surface area contributed by atoms with Crippen LogP contribution in [0.25, 0.3) is 0 Å². The van der Waals surface area contributed by atoms with Crippen molar-refractivity contribution >= 4 is 33.0 Å². The standard InChI is InChI=1S/C18H19N3O6S/c1-27-17-8-7-15(21(23)24)12-16(17)19-18(22)13-5-4-6-14(11-13)20-9-2-3-10-28(20,25)26/h4-8,11-12H,2-3,9-10H2,1H3,(H,19,22). The highest BCUT2D eigenvalue weighted by Gasteiger charge is 2.26. The maximum Gasteiger partial charge on any atom is 0.271 e. The number of carbonyl (C=O) groups excluding carboxylic acids is 1. The van der Waals surface area contributed by atoms with Crippen LogP contribution in [0.2, 0.25) is 0 Å². The van der Waals surface area contributed by atoms with E-state index in [9.17, 15) is 23.3 Å². The summed E-state index contributed by atoms with van der Waals surface area (Å²) in [6, 6.07) is 10.1. The van der Waals surface area contributed by atoms with Gasteiger partial charge in [0.25, 0.3) is 11.6 Å². The molecule has 0 aromatic heterocycles. The third-order valence-electron chi connectivity index (χ3n) is 4.39. The molecule has 1 aliphatic rings. The normalized spacial score (nSPS) is 15.7. The molecular weight excluding hydrogens is 386 g/mol. The molecule has 0 unspecified atom stereocenters. The second-order valence-corrected chi connectivity index (χ2v) is 8.25. The van der Waals surface area contributed by atoms with Crippen LogP contribution in [0.15, 0.2) is 42.5 Å². The number of nitrogens with one attached hydrogen (secondary N) is 1. The number of nitro groups is 1. The number of nitro benzene ring substituents is 1. The number of sulfonamides is 1. The van der Waals surface area contributed by atoms with Gasteiger partial charge >= 0.3 is 0 Å². The molecule has 148 valence electrons. The Labute approximate surface area is 162 Å². The highest BCUT2D eigenvalue weighted by Crippen LogP contribution is 2.30. The van der Waals surface area contributed by atoms with Crippen molar-refractivity contribution in [1.29, 1.82) is 0 Å². The SMILES string of the molecule is COc1ccc([N+](=O)[O-])cc1NC(=O)c1cccc(N2CCCCS2(=O)=O)c1. The average Bonchev–Trinajstić information content (AvgIpc) is 2.67. The molecule has 2 aromatic carbocycles. The Bertz CT molecular complexity index is 1020. The first-order valence-electron chi connectivity index (χ1n) is 8.56. The molecule has 3 rings (SSSR count). The predicted octanol–water partition coefficient (Wildman–Crippen LogP) is 2.79. The maximum atomic E-state index is 12.7. The molecule has 0 aliphatic carbocycles. The first-order valence-corrected chi connectivity index (χ1v) is 10.2. The lowest BCUT2D eigenvalue weighted by Crippen LogP contribution is -2.37. The average molecular weight is 405 g/mol. The fourth-order valence-corrected chi connectivity index (χ4v) is 4.61. The lowest BCUT2D eigenvalue weighted by Gasteiger charge is -2.28. The van der Waals surface area contributed by atoms with Crippen LogP contribution >= 0.6 is 0 Å². The number of hydrogen-bond acceptors (Lipinski definition) is 6. The topological polar surface area (TPSA) is 119 Å². The molecule has 0 radical (unpaired) electrons. The Morgan fingerprint density at radius 3 is 2.68 bits per heavy atom. The molecule has 0 bridgehead atoms. The third-order valence-corrected chi connectivity index (χ3v) is 6.26. The molecule has 0 atom stereocenters. The first-order chi connectivity index (χ1) is 13.3. The zero-order valence-electron chi connectivity index (χ0n) is 15.1. The molecule has 1 aliphatic heterocycles. The van der Waals surface area contributed by atoms with E-state index in [0.29, 0.717) is 18.7 Å². The van der Waals surface area contributed by atoms with E-state index in [1.807, 2.05) is 0 Å². The number of methoxy groups -OCH3 is 1. The highest BCUT2D eigenvalue weighted by molar-refractivity contribution is 7.92. The lowest BCUT2D eigenvalue weighted by molar-refractivity contribution is -0.384. The van der Waals surface area contributed by atoms with Crippen LogP contribution in [-0.4, -0.2) is 38.7 Å². The predicted molar refractivity (Wildman–Crippen MR) is 104 cm³/mol. The number of amides is 1. The molecule has 1 N–H and O–H groups in total. The first kappa shape index (κ1) is 19.6. The number of hydrogen-bond donors (Lipinski definition) is 1. The smallest absolute Gasteiger partial charge is 0.271 e. The fourth-order valence-electron chi connectivity index (χ4n) is 2.98. The van der Waals surface area contributed by atoms with Gasteiger partial charge in [0.05, 0.1) is 29.2 Å². The van der Waals surface area contributed by atoms with Crippen LogP contribution in [0.5, 0.6) is 5.75 Å². The lowest BCUT2D eigenvalue weighted by atomic mass is 10.1. The van der Waals surface area contributed by atoms with E-state index >= 15 is 0 Å². The van der Waals surface area contributed by atoms with Crippen LogP contribution in [0.3, 0.4) is 0 Å². The van der Waals surface area contributed by atoms with Crippen LogP contribution in [0.1, 0.15) is 23.2 Å². The molecular formula is C18H19N3O6S. The van der Waals surface area contributed by atoms with Gasteiger partial charge in [-0.2, -0.15) is 0 Å². The van der Waals surface area contributed by atoms with E-state index in [0.717, 1.165) is 6.42 Å². The van der Waals surface area contributed by atoms with Crippen LogP contribution in [-0.2, 0) is 10.0 Å². The second-order valence-electron chi connectivity index (χ2n) is 6.24. The number of rotatable bonds is 5. The van der Waals surface area contributed by atoms with Crippen molar-refractivity contribution < 1.29 is 22.9 Å². The minimum absolute atomic E-state index is 0.0777. The molecule has 9 nitrogen and oxygen atoms in total. The third kappa shape index (κ3) is 4.06. The zero-order chi connectivity index (χ0) is 20.3. The van der Waals surface area contributed by atoms with Crippen molar-refractivity contribution in [2.45, 2.75) is 12.8 Å². The Morgan fingerprint density at radius 2 is 2.00 bits per heavy atom. The molecule has 1 amide bonds. The molecule has 1 saturated heterocycles. The molecule has 0 spiro atoms. The van der Waals surface area contributed by atoms with Crippen molar-refractivity contribution in [2.75, 3.05) is 29.0 Å². The van der Waals surface area contributed by atoms with Gasteiger partial charge in [0.15, 0.2) is 0 Å². The van der Waals surface area contributed by atoms with Gasteiger partial charge in [-0.15, -0.1) is 0 Å². The Kier molecular flexibility index (Phi) is 5.50. The summed E-state index contributed by atoms with van der Waals surface area (Å²) in [6.07, 6.45) is 1.37. The van der Waals surface area contributed by atoms with E-state index in [2.05, 4.69) is 5.32 Å². The maximum absolute atomic E-state index is 12.7. The number of carbonyl (C=O) groups is 1. The van der Waals surface area contributed by atoms with Crippen molar-refractivity contribution in [2.24, 2.45) is 0 Å². The number of anilines is 2. The Balaban J connectivity index is 1.88. The Hall–Kier alpha value is -3.14. The molecule has 0 saturated carbocycles. The van der Waals surface area contributed by atoms with Crippen LogP contribution < -0.4 is 14.4 Å². The van der Waals surface area contributed by atoms with Gasteiger partial charge in [-0.1, -0.05) is 6.07 Å². The van der Waals surface area contributed by atoms with E-state index in [1.54, 1.807) is 18.2 Å². The van der Waals surface area contributed by atoms with Gasteiger partial charge in [0.2, 0.25) is 10.0 Å². The van der Waals surface area contributed by atoms with E-state index in [-0.39, 0.29) is 28.4 Å². The molecule has 1 fully saturated rings. The van der Waals surface area contributed by atoms with Crippen LogP contribution in [0, 0.1) is 10.1 Å². The number of ether oxygens (including phenoxy) is 1. The second kappa shape index (κ2) is 7.85. The molecule has 10 heteroatoms. The van der Waals surface area contributed by atoms with Gasteiger partial charge < -0.3 is 10.1 Å². The van der Waals surface area contributed by atoms with Gasteiger partial charge in [0, 0.05) is 24.2 Å². The summed E-state index contributed by atoms with van der Waals surface area (Å²) in [7, 11) is -2.01. The minimum atomic E-state index is -3.40. The van der Waals surface area contributed by atoms with E-state index in [1.165, 1.54) is 35.7 Å². The zero-order valence-corrected chi connectivity index (χ0v) is 15.9. The highest BCUT2D eigenvalue weighted by atomic mass is 32.2. The van der Waals surface area contributed by atoms with Crippen LogP contribution in [0.4, 0.5) is 17.1 Å². The number of non-ortho nitro benzene ring substituents is 1. The summed E-state index contributed by atoms with van der Waals surface area (Å²) < 4.78 is 31.0. The van der Waals surface area contributed by atoms with E-state index < -0.39 is 20.9 Å². The van der Waals surface area contributed by atoms with Crippen molar-refractivity contribution in [3.8, 4) is 5.75 Å². The van der Waals surface area contributed by atoms with Gasteiger partial charge in [-0.05, 0) is 37.1 Å². The minimum Gasteiger partial charge on any atom is -0.495 e. The largest absolute Gasteiger partial charge is 0.495 e. The molecule has 1 heterocycles. The van der Waals surface area contributed by atoms with Crippen molar-refractivity contribution in [3.63, 3.8) is 0 Å². The fraction of sp³-hybridized carbons (Fsp3) is 0.278. The van der Waals surface area contributed by atoms with Crippen molar-refractivity contribution in [1.82, 2.24) is 0 Å². The van der Waals surface area contributed by atoms with Gasteiger partial charge in [-0.25, -0.2) is 8.42 Å². The monoisotopic (exact) mass is 405 g/mol. The van der Waals surface area contributed by atoms with E-state index in [4.69, 9.17) is 4.74 Å². The Morgan fingerprint density at radius 1 is 1.21 bits per heavy atom. The van der Waals surface area contributed by atoms with Gasteiger partial charge in [-0.3, -0.25) is 19.2 Å². The molecule has 2 aromatic rings. The summed E-state index contributed by atoms with van der Waals surface area (Å²) >= 11 is 0. The number of benzene rings is 2. The quantitative estimate of drug-likeness (QED) is 0.603. The summed E-state index contributed by atoms with van der Waals surface area (Å²) in [4.78, 5) is 23.1. The summed E-state index contributed by atoms with van der Waals surface area (Å²) in [5, 5.41) is 13.6. The van der Waals surface area contributed by atoms with Gasteiger partial charge in [0.1, 0.15) is 5.75 Å². The summed E-state index contributed by atoms with van der Waals surface area (Å²) in [5.41, 5.74) is 0.604. The van der Waals surface area contributed by atoms with Crippen molar-refractivity contribution in [3.05, 3.63) is 58.1 Å². The molecule has 28 heavy (non-hydrogen) atoms. The number of nitrogens with zero attached hydrogens (tertiary/aromatic N) is 2. The summed E-state index contributed by atoms with van der Waals surface area (Å²) in [5.74, 6) is -0.183. The summed E-state index contributed by atoms with van der Waals surface area (Å²) in [6.45, 7) is 0.367.